The molecule has 13 heavy (non-hydrogen) atoms. The summed E-state index contributed by atoms with van der Waals surface area (Å²) in [5, 5.41) is 3.27. The lowest BCUT2D eigenvalue weighted by Crippen LogP contribution is -2.41. The molecule has 1 fully saturated rings. The first-order chi connectivity index (χ1) is 6.16. The SMILES string of the molecule is CCC(C)NCC1(F)CCCCC1. The van der Waals surface area contributed by atoms with Gasteiger partial charge in [-0.2, -0.15) is 0 Å². The lowest BCUT2D eigenvalue weighted by atomic mass is 9.86. The van der Waals surface area contributed by atoms with Gasteiger partial charge >= 0.3 is 0 Å². The van der Waals surface area contributed by atoms with Gasteiger partial charge in [0.1, 0.15) is 5.67 Å². The monoisotopic (exact) mass is 187 g/mol. The molecule has 0 aromatic heterocycles. The van der Waals surface area contributed by atoms with Crippen molar-refractivity contribution in [1.29, 1.82) is 0 Å². The molecule has 1 saturated carbocycles. The minimum Gasteiger partial charge on any atom is -0.311 e. The Bertz CT molecular complexity index is 141. The molecule has 0 spiro atoms. The minimum atomic E-state index is -0.901. The summed E-state index contributed by atoms with van der Waals surface area (Å²) in [5.74, 6) is 0. The zero-order chi connectivity index (χ0) is 9.73. The average Bonchev–Trinajstić information content (AvgIpc) is 2.15. The highest BCUT2D eigenvalue weighted by Crippen LogP contribution is 2.31. The van der Waals surface area contributed by atoms with E-state index in [-0.39, 0.29) is 0 Å². The Labute approximate surface area is 81.1 Å². The Morgan fingerprint density at radius 3 is 2.46 bits per heavy atom. The van der Waals surface area contributed by atoms with Gasteiger partial charge in [0, 0.05) is 12.6 Å². The number of alkyl halides is 1. The van der Waals surface area contributed by atoms with Crippen LogP contribution in [0.2, 0.25) is 0 Å². The first-order valence-electron chi connectivity index (χ1n) is 5.58. The normalized spacial score (nSPS) is 24.2. The second-order valence-corrected chi connectivity index (χ2v) is 4.40. The maximum absolute atomic E-state index is 14.0. The second-order valence-electron chi connectivity index (χ2n) is 4.40. The van der Waals surface area contributed by atoms with E-state index in [9.17, 15) is 4.39 Å². The molecule has 0 heterocycles. The fraction of sp³-hybridized carbons (Fsp3) is 1.00. The molecule has 0 bridgehead atoms. The minimum absolute atomic E-state index is 0.453. The van der Waals surface area contributed by atoms with Crippen LogP contribution in [0, 0.1) is 0 Å². The van der Waals surface area contributed by atoms with E-state index in [1.54, 1.807) is 0 Å². The molecule has 1 nitrogen and oxygen atoms in total. The molecule has 1 rings (SSSR count). The highest BCUT2D eigenvalue weighted by molar-refractivity contribution is 4.85. The highest BCUT2D eigenvalue weighted by Gasteiger charge is 2.31. The number of halogens is 1. The number of hydrogen-bond donors (Lipinski definition) is 1. The molecular weight excluding hydrogens is 165 g/mol. The van der Waals surface area contributed by atoms with Gasteiger partial charge in [0.05, 0.1) is 0 Å². The molecule has 0 aromatic carbocycles. The van der Waals surface area contributed by atoms with Crippen molar-refractivity contribution in [3.05, 3.63) is 0 Å². The van der Waals surface area contributed by atoms with Crippen molar-refractivity contribution in [3.8, 4) is 0 Å². The van der Waals surface area contributed by atoms with Gasteiger partial charge in [-0.1, -0.05) is 26.2 Å². The number of hydrogen-bond acceptors (Lipinski definition) is 1. The lowest BCUT2D eigenvalue weighted by Gasteiger charge is -2.30. The molecule has 0 saturated heterocycles. The topological polar surface area (TPSA) is 12.0 Å². The van der Waals surface area contributed by atoms with E-state index in [1.807, 2.05) is 0 Å². The van der Waals surface area contributed by atoms with E-state index in [0.29, 0.717) is 12.6 Å². The summed E-state index contributed by atoms with van der Waals surface area (Å²) in [6, 6.07) is 0.453. The smallest absolute Gasteiger partial charge is 0.123 e. The number of rotatable bonds is 4. The molecule has 78 valence electrons. The Kier molecular flexibility index (Phi) is 4.17. The molecule has 0 radical (unpaired) electrons. The molecule has 1 aliphatic rings. The molecular formula is C11H22FN. The van der Waals surface area contributed by atoms with Gasteiger partial charge in [0.15, 0.2) is 0 Å². The quantitative estimate of drug-likeness (QED) is 0.713. The van der Waals surface area contributed by atoms with Crippen LogP contribution in [0.5, 0.6) is 0 Å². The second kappa shape index (κ2) is 4.94. The predicted octanol–water partition coefficient (Wildman–Crippen LogP) is 3.05. The van der Waals surface area contributed by atoms with Crippen LogP contribution in [0.15, 0.2) is 0 Å². The Hall–Kier alpha value is -0.110. The summed E-state index contributed by atoms with van der Waals surface area (Å²) in [6.07, 6.45) is 5.95. The molecule has 1 unspecified atom stereocenters. The Morgan fingerprint density at radius 2 is 1.92 bits per heavy atom. The van der Waals surface area contributed by atoms with Crippen molar-refractivity contribution in [2.45, 2.75) is 64.1 Å². The number of nitrogens with one attached hydrogen (secondary N) is 1. The molecule has 1 N–H and O–H groups in total. The van der Waals surface area contributed by atoms with Crippen LogP contribution < -0.4 is 5.32 Å². The van der Waals surface area contributed by atoms with E-state index >= 15 is 0 Å². The van der Waals surface area contributed by atoms with Gasteiger partial charge in [-0.05, 0) is 26.2 Å². The zero-order valence-corrected chi connectivity index (χ0v) is 8.91. The van der Waals surface area contributed by atoms with E-state index in [2.05, 4.69) is 19.2 Å². The van der Waals surface area contributed by atoms with Crippen molar-refractivity contribution in [2.24, 2.45) is 0 Å². The van der Waals surface area contributed by atoms with Gasteiger partial charge < -0.3 is 5.32 Å². The standard InChI is InChI=1S/C11H22FN/c1-3-10(2)13-9-11(12)7-5-4-6-8-11/h10,13H,3-9H2,1-2H3. The van der Waals surface area contributed by atoms with Crippen LogP contribution in [0.3, 0.4) is 0 Å². The van der Waals surface area contributed by atoms with Crippen molar-refractivity contribution >= 4 is 0 Å². The highest BCUT2D eigenvalue weighted by atomic mass is 19.1. The van der Waals surface area contributed by atoms with Crippen molar-refractivity contribution in [1.82, 2.24) is 5.32 Å². The summed E-state index contributed by atoms with van der Waals surface area (Å²) in [5.41, 5.74) is -0.901. The van der Waals surface area contributed by atoms with Crippen LogP contribution in [-0.4, -0.2) is 18.3 Å². The average molecular weight is 187 g/mol. The van der Waals surface area contributed by atoms with E-state index in [1.165, 1.54) is 6.42 Å². The molecule has 1 aliphatic carbocycles. The Balaban J connectivity index is 2.24. The molecule has 0 aromatic rings. The van der Waals surface area contributed by atoms with Crippen molar-refractivity contribution in [2.75, 3.05) is 6.54 Å². The molecule has 0 amide bonds. The van der Waals surface area contributed by atoms with Gasteiger partial charge in [-0.3, -0.25) is 0 Å². The molecule has 2 heteroatoms. The summed E-state index contributed by atoms with van der Waals surface area (Å²) in [6.45, 7) is 4.80. The van der Waals surface area contributed by atoms with Crippen LogP contribution in [-0.2, 0) is 0 Å². The third kappa shape index (κ3) is 3.63. The summed E-state index contributed by atoms with van der Waals surface area (Å²) < 4.78 is 14.0. The van der Waals surface area contributed by atoms with Gasteiger partial charge in [0.25, 0.3) is 0 Å². The third-order valence-corrected chi connectivity index (χ3v) is 3.13. The summed E-state index contributed by atoms with van der Waals surface area (Å²) >= 11 is 0. The van der Waals surface area contributed by atoms with Gasteiger partial charge in [-0.15, -0.1) is 0 Å². The predicted molar refractivity (Wildman–Crippen MR) is 54.7 cm³/mol. The first kappa shape index (κ1) is 11.0. The van der Waals surface area contributed by atoms with Crippen LogP contribution >= 0.6 is 0 Å². The van der Waals surface area contributed by atoms with Crippen molar-refractivity contribution in [3.63, 3.8) is 0 Å². The van der Waals surface area contributed by atoms with Gasteiger partial charge in [0.2, 0.25) is 0 Å². The van der Waals surface area contributed by atoms with Crippen LogP contribution in [0.25, 0.3) is 0 Å². The maximum atomic E-state index is 14.0. The maximum Gasteiger partial charge on any atom is 0.123 e. The third-order valence-electron chi connectivity index (χ3n) is 3.13. The molecule has 1 atom stereocenters. The summed E-state index contributed by atoms with van der Waals surface area (Å²) in [4.78, 5) is 0. The lowest BCUT2D eigenvalue weighted by molar-refractivity contribution is 0.102. The Morgan fingerprint density at radius 1 is 1.31 bits per heavy atom. The van der Waals surface area contributed by atoms with E-state index in [4.69, 9.17) is 0 Å². The van der Waals surface area contributed by atoms with E-state index < -0.39 is 5.67 Å². The zero-order valence-electron chi connectivity index (χ0n) is 8.91. The van der Waals surface area contributed by atoms with E-state index in [0.717, 1.165) is 32.1 Å². The summed E-state index contributed by atoms with van der Waals surface area (Å²) in [7, 11) is 0. The first-order valence-corrected chi connectivity index (χ1v) is 5.58. The molecule has 0 aliphatic heterocycles. The van der Waals surface area contributed by atoms with Crippen LogP contribution in [0.4, 0.5) is 4.39 Å². The fourth-order valence-electron chi connectivity index (χ4n) is 1.86. The largest absolute Gasteiger partial charge is 0.311 e. The fourth-order valence-corrected chi connectivity index (χ4v) is 1.86. The van der Waals surface area contributed by atoms with Crippen molar-refractivity contribution < 1.29 is 4.39 Å². The van der Waals surface area contributed by atoms with Crippen LogP contribution in [0.1, 0.15) is 52.4 Å². The van der Waals surface area contributed by atoms with Gasteiger partial charge in [-0.25, -0.2) is 4.39 Å².